The summed E-state index contributed by atoms with van der Waals surface area (Å²) in [5, 5.41) is 9.59. The normalized spacial score (nSPS) is 6.11. The molecule has 0 aromatic carbocycles. The van der Waals surface area contributed by atoms with Crippen molar-refractivity contribution in [2.45, 2.75) is 13.8 Å². The first kappa shape index (κ1) is 22.6. The van der Waals surface area contributed by atoms with Gasteiger partial charge in [-0.3, -0.25) is 0 Å². The molecule has 0 rings (SSSR count). The first-order valence-electron chi connectivity index (χ1n) is 1.85. The zero-order valence-electron chi connectivity index (χ0n) is 5.06. The van der Waals surface area contributed by atoms with E-state index in [0.717, 1.165) is 0 Å². The summed E-state index contributed by atoms with van der Waals surface area (Å²) in [6.45, 7) is 3.16. The van der Waals surface area contributed by atoms with Crippen LogP contribution in [0, 0.1) is 5.92 Å². The van der Waals surface area contributed by atoms with Crippen molar-refractivity contribution in [1.29, 1.82) is 0 Å². The average molecular weight is 210 g/mol. The maximum atomic E-state index is 9.59. The largest absolute Gasteiger partial charge is 3.00 e. The molecule has 2 nitrogen and oxygen atoms in total. The monoisotopic (exact) mass is 209 g/mol. The van der Waals surface area contributed by atoms with E-state index in [2.05, 4.69) is 0 Å². The topological polar surface area (TPSA) is 40.1 Å². The molecule has 0 saturated carbocycles. The van der Waals surface area contributed by atoms with Crippen molar-refractivity contribution >= 4 is 5.97 Å². The van der Waals surface area contributed by atoms with E-state index in [0.29, 0.717) is 0 Å². The van der Waals surface area contributed by atoms with Gasteiger partial charge in [-0.2, -0.15) is 0 Å². The van der Waals surface area contributed by atoms with Crippen molar-refractivity contribution in [3.8, 4) is 0 Å². The molecular weight excluding hydrogens is 203 g/mol. The Morgan fingerprint density at radius 1 is 1.33 bits per heavy atom. The fraction of sp³-hybridized carbons (Fsp3) is 0.750. The van der Waals surface area contributed by atoms with Crippen molar-refractivity contribution in [2.24, 2.45) is 5.92 Å². The Bertz CT molecular complexity index is 67.6. The molecule has 0 aliphatic rings. The van der Waals surface area contributed by atoms with Gasteiger partial charge in [0.15, 0.2) is 0 Å². The number of carbonyl (C=O) groups is 1. The van der Waals surface area contributed by atoms with Crippen LogP contribution < -0.4 is 29.9 Å². The molecule has 9 heavy (non-hydrogen) atoms. The van der Waals surface area contributed by atoms with Gasteiger partial charge in [0.2, 0.25) is 0 Å². The molecule has 5 heteroatoms. The van der Waals surface area contributed by atoms with Gasteiger partial charge in [0, 0.05) is 5.97 Å². The van der Waals surface area contributed by atoms with Gasteiger partial charge in [0.25, 0.3) is 0 Å². The third-order valence-corrected chi connectivity index (χ3v) is 0.471. The molecule has 0 spiro atoms. The van der Waals surface area contributed by atoms with Crippen LogP contribution in [0.2, 0.25) is 0 Å². The Balaban J connectivity index is -0.0000000417. The van der Waals surface area contributed by atoms with Crippen molar-refractivity contribution in [3.63, 3.8) is 0 Å². The summed E-state index contributed by atoms with van der Waals surface area (Å²) >= 11 is 0. The fourth-order valence-corrected chi connectivity index (χ4v) is 0. The Kier molecular flexibility index (Phi) is 28.7. The van der Waals surface area contributed by atoms with Crippen molar-refractivity contribution in [2.75, 3.05) is 0 Å². The molecular formula is C4H7Cl2CrO2. The molecule has 0 aromatic rings. The van der Waals surface area contributed by atoms with Gasteiger partial charge in [0.05, 0.1) is 0 Å². The summed E-state index contributed by atoms with van der Waals surface area (Å²) in [6, 6.07) is 0. The Morgan fingerprint density at radius 3 is 1.44 bits per heavy atom. The van der Waals surface area contributed by atoms with Gasteiger partial charge in [-0.05, 0) is 5.92 Å². The molecule has 0 N–H and O–H groups in total. The maximum absolute atomic E-state index is 9.59. The van der Waals surface area contributed by atoms with Gasteiger partial charge >= 0.3 is 17.4 Å². The van der Waals surface area contributed by atoms with Crippen LogP contribution in [0.4, 0.5) is 0 Å². The number of halogens is 2. The molecule has 0 atom stereocenters. The maximum Gasteiger partial charge on any atom is 3.00 e. The van der Waals surface area contributed by atoms with Crippen LogP contribution in [0.5, 0.6) is 0 Å². The van der Waals surface area contributed by atoms with Crippen molar-refractivity contribution < 1.29 is 52.1 Å². The van der Waals surface area contributed by atoms with Crippen LogP contribution in [0.15, 0.2) is 0 Å². The van der Waals surface area contributed by atoms with E-state index in [-0.39, 0.29) is 48.1 Å². The van der Waals surface area contributed by atoms with E-state index in [1.165, 1.54) is 0 Å². The van der Waals surface area contributed by atoms with Crippen LogP contribution >= 0.6 is 0 Å². The van der Waals surface area contributed by atoms with E-state index in [1.54, 1.807) is 13.8 Å². The molecule has 0 aliphatic carbocycles. The van der Waals surface area contributed by atoms with Gasteiger partial charge in [-0.15, -0.1) is 0 Å². The smallest absolute Gasteiger partial charge is 1.00 e. The van der Waals surface area contributed by atoms with Gasteiger partial charge in [0.1, 0.15) is 0 Å². The predicted octanol–water partition coefficient (Wildman–Crippen LogP) is -6.60. The number of carboxylic acids is 1. The Labute approximate surface area is 78.0 Å². The number of hydrogen-bond acceptors (Lipinski definition) is 2. The third-order valence-electron chi connectivity index (χ3n) is 0.471. The van der Waals surface area contributed by atoms with Crippen LogP contribution in [0.25, 0.3) is 0 Å². The molecule has 0 amide bonds. The number of carbonyl (C=O) groups excluding carboxylic acids is 1. The second kappa shape index (κ2) is 11.4. The molecule has 0 fully saturated rings. The van der Waals surface area contributed by atoms with Crippen LogP contribution in [0.3, 0.4) is 0 Å². The second-order valence-corrected chi connectivity index (χ2v) is 1.47. The number of aliphatic carboxylic acids is 1. The SMILES string of the molecule is CC(C)C(=O)[O-].[Cl-].[Cl-].[Cr+3]. The van der Waals surface area contributed by atoms with Crippen LogP contribution in [-0.4, -0.2) is 5.97 Å². The number of carboxylic acid groups (broad SMARTS) is 1. The molecule has 1 radical (unpaired) electrons. The minimum Gasteiger partial charge on any atom is -1.00 e. The summed E-state index contributed by atoms with van der Waals surface area (Å²) in [7, 11) is 0. The summed E-state index contributed by atoms with van der Waals surface area (Å²) < 4.78 is 0. The summed E-state index contributed by atoms with van der Waals surface area (Å²) in [4.78, 5) is 9.59. The molecule has 0 unspecified atom stereocenters. The van der Waals surface area contributed by atoms with E-state index in [9.17, 15) is 9.90 Å². The standard InChI is InChI=1S/C4H8O2.2ClH.Cr/c1-3(2)4(5)6;;;/h3H,1-2H3,(H,5,6);2*1H;/q;;;+3/p-3. The van der Waals surface area contributed by atoms with Gasteiger partial charge in [-0.25, -0.2) is 0 Å². The van der Waals surface area contributed by atoms with Crippen LogP contribution in [-0.2, 0) is 22.2 Å². The Morgan fingerprint density at radius 2 is 1.44 bits per heavy atom. The molecule has 0 bridgehead atoms. The predicted molar refractivity (Wildman–Crippen MR) is 19.8 cm³/mol. The summed E-state index contributed by atoms with van der Waals surface area (Å²) in [6.07, 6.45) is 0. The fourth-order valence-electron chi connectivity index (χ4n) is 0. The summed E-state index contributed by atoms with van der Waals surface area (Å²) in [5.74, 6) is -1.33. The molecule has 0 aromatic heterocycles. The van der Waals surface area contributed by atoms with E-state index >= 15 is 0 Å². The number of rotatable bonds is 1. The van der Waals surface area contributed by atoms with Gasteiger partial charge in [-0.1, -0.05) is 13.8 Å². The zero-order chi connectivity index (χ0) is 5.15. The molecule has 0 saturated heterocycles. The first-order chi connectivity index (χ1) is 2.64. The minimum atomic E-state index is -0.991. The summed E-state index contributed by atoms with van der Waals surface area (Å²) in [5.41, 5.74) is 0. The average Bonchev–Trinajstić information content (AvgIpc) is 1.36. The third kappa shape index (κ3) is 17.7. The zero-order valence-corrected chi connectivity index (χ0v) is 7.84. The van der Waals surface area contributed by atoms with E-state index in [4.69, 9.17) is 0 Å². The quantitative estimate of drug-likeness (QED) is 0.431. The Hall–Kier alpha value is 0.582. The minimum absolute atomic E-state index is 0. The molecule has 0 heterocycles. The van der Waals surface area contributed by atoms with Gasteiger partial charge < -0.3 is 34.7 Å². The molecule has 0 aliphatic heterocycles. The molecule has 55 valence electrons. The van der Waals surface area contributed by atoms with E-state index in [1.807, 2.05) is 0 Å². The second-order valence-electron chi connectivity index (χ2n) is 1.47. The van der Waals surface area contributed by atoms with E-state index < -0.39 is 5.97 Å². The van der Waals surface area contributed by atoms with Crippen molar-refractivity contribution in [3.05, 3.63) is 0 Å². The van der Waals surface area contributed by atoms with Crippen molar-refractivity contribution in [1.82, 2.24) is 0 Å². The first-order valence-corrected chi connectivity index (χ1v) is 1.85. The van der Waals surface area contributed by atoms with Crippen LogP contribution in [0.1, 0.15) is 13.8 Å². The number of hydrogen-bond donors (Lipinski definition) is 0.